The lowest BCUT2D eigenvalue weighted by Crippen LogP contribution is -2.38. The summed E-state index contributed by atoms with van der Waals surface area (Å²) in [7, 11) is 0. The molecule has 212 valence electrons. The Morgan fingerprint density at radius 1 is 1.05 bits per heavy atom. The number of para-hydroxylation sites is 2. The molecule has 5 nitrogen and oxygen atoms in total. The average molecular weight is 559 g/mol. The van der Waals surface area contributed by atoms with Crippen LogP contribution in [0.1, 0.15) is 78.2 Å². The molecule has 1 unspecified atom stereocenters. The van der Waals surface area contributed by atoms with Gasteiger partial charge in [0.25, 0.3) is 5.91 Å². The van der Waals surface area contributed by atoms with Gasteiger partial charge in [-0.15, -0.1) is 0 Å². The van der Waals surface area contributed by atoms with Gasteiger partial charge >= 0.3 is 0 Å². The summed E-state index contributed by atoms with van der Waals surface area (Å²) in [6.45, 7) is 10.3. The molecule has 1 fully saturated rings. The van der Waals surface area contributed by atoms with E-state index in [2.05, 4.69) is 11.6 Å². The first-order valence-electron chi connectivity index (χ1n) is 13.9. The second kappa shape index (κ2) is 11.7. The van der Waals surface area contributed by atoms with E-state index in [1.165, 1.54) is 12.1 Å². The smallest absolute Gasteiger partial charge is 0.253 e. The Hall–Kier alpha value is -4.20. The van der Waals surface area contributed by atoms with E-state index in [0.29, 0.717) is 60.5 Å². The fraction of sp³-hybridized carbons (Fsp3) is 0.303. The number of hydrogen-bond acceptors (Lipinski definition) is 3. The van der Waals surface area contributed by atoms with Gasteiger partial charge in [-0.1, -0.05) is 31.7 Å². The van der Waals surface area contributed by atoms with Crippen molar-refractivity contribution in [2.45, 2.75) is 52.2 Å². The van der Waals surface area contributed by atoms with Crippen molar-refractivity contribution in [3.05, 3.63) is 113 Å². The normalized spacial score (nSPS) is 15.4. The van der Waals surface area contributed by atoms with E-state index in [9.17, 15) is 13.6 Å². The minimum Gasteiger partial charge on any atom is -0.339 e. The number of fused-ring (bicyclic) bond motifs is 1. The number of imidazole rings is 1. The van der Waals surface area contributed by atoms with Crippen LogP contribution in [-0.2, 0) is 0 Å². The van der Waals surface area contributed by atoms with Crippen molar-refractivity contribution < 1.29 is 18.0 Å². The molecule has 1 aliphatic rings. The van der Waals surface area contributed by atoms with Crippen molar-refractivity contribution >= 4 is 22.7 Å². The van der Waals surface area contributed by atoms with E-state index < -0.39 is 17.9 Å². The molecule has 0 bridgehead atoms. The van der Waals surface area contributed by atoms with Crippen LogP contribution in [0.5, 0.6) is 0 Å². The minimum absolute atomic E-state index is 0.0490. The van der Waals surface area contributed by atoms with Gasteiger partial charge in [0.2, 0.25) is 0 Å². The van der Waals surface area contributed by atoms with Gasteiger partial charge < -0.3 is 4.90 Å². The average Bonchev–Trinajstić information content (AvgIpc) is 3.34. The number of carbonyl (C=O) groups is 1. The fourth-order valence-electron chi connectivity index (χ4n) is 5.58. The number of aliphatic imine (C=N–C) groups is 1. The Morgan fingerprint density at radius 3 is 2.37 bits per heavy atom. The Kier molecular flexibility index (Phi) is 8.10. The number of benzene rings is 3. The predicted octanol–water partition coefficient (Wildman–Crippen LogP) is 7.89. The zero-order valence-electron chi connectivity index (χ0n) is 23.5. The number of hydrogen-bond donors (Lipinski definition) is 0. The van der Waals surface area contributed by atoms with Gasteiger partial charge in [-0.25, -0.2) is 18.2 Å². The Bertz CT molecular complexity index is 1630. The molecule has 5 rings (SSSR count). The van der Waals surface area contributed by atoms with Crippen molar-refractivity contribution in [2.75, 3.05) is 13.1 Å². The summed E-state index contributed by atoms with van der Waals surface area (Å²) in [5, 5.41) is 0. The summed E-state index contributed by atoms with van der Waals surface area (Å²) >= 11 is 0. The second-order valence-corrected chi connectivity index (χ2v) is 10.6. The summed E-state index contributed by atoms with van der Waals surface area (Å²) in [5.41, 5.74) is 4.66. The van der Waals surface area contributed by atoms with Crippen LogP contribution >= 0.6 is 0 Å². The molecular weight excluding hydrogens is 525 g/mol. The van der Waals surface area contributed by atoms with Crippen LogP contribution < -0.4 is 0 Å². The highest BCUT2D eigenvalue weighted by Crippen LogP contribution is 2.34. The van der Waals surface area contributed by atoms with Gasteiger partial charge in [-0.05, 0) is 75.1 Å². The van der Waals surface area contributed by atoms with Crippen LogP contribution in [0.4, 0.5) is 13.2 Å². The molecule has 1 amide bonds. The SMILES string of the molecule is C=C(C)N=C(c1cc(F)cc(F)c1)c1ccc(C(=O)N2CCC(c3nc4ccccc4n3C(F)CC)CC2)cc1C. The molecule has 3 aromatic carbocycles. The third-order valence-corrected chi connectivity index (χ3v) is 7.55. The molecule has 1 aliphatic heterocycles. The monoisotopic (exact) mass is 558 g/mol. The van der Waals surface area contributed by atoms with Crippen LogP contribution in [0.3, 0.4) is 0 Å². The van der Waals surface area contributed by atoms with Gasteiger partial charge in [-0.2, -0.15) is 0 Å². The molecule has 1 saturated heterocycles. The van der Waals surface area contributed by atoms with E-state index in [0.717, 1.165) is 28.5 Å². The Morgan fingerprint density at radius 2 is 1.73 bits per heavy atom. The van der Waals surface area contributed by atoms with Gasteiger partial charge in [-0.3, -0.25) is 14.4 Å². The van der Waals surface area contributed by atoms with Crippen molar-refractivity contribution in [3.63, 3.8) is 0 Å². The molecule has 8 heteroatoms. The lowest BCUT2D eigenvalue weighted by Gasteiger charge is -2.32. The van der Waals surface area contributed by atoms with E-state index in [1.54, 1.807) is 29.7 Å². The maximum Gasteiger partial charge on any atom is 0.253 e. The molecule has 1 aromatic heterocycles. The molecule has 4 aromatic rings. The molecule has 2 heterocycles. The number of halogens is 3. The second-order valence-electron chi connectivity index (χ2n) is 10.6. The summed E-state index contributed by atoms with van der Waals surface area (Å²) in [6.07, 6.45) is 0.569. The van der Waals surface area contributed by atoms with Gasteiger partial charge in [0, 0.05) is 47.5 Å². The Labute approximate surface area is 238 Å². The standard InChI is InChI=1S/C33H33F3N4O/c1-5-30(36)40-29-9-7-6-8-28(29)38-32(40)22-12-14-39(15-13-22)33(41)23-10-11-27(21(4)16-23)31(37-20(2)3)24-17-25(34)19-26(35)18-24/h6-11,16-19,22,30H,2,5,12-15H2,1,3-4H3. The van der Waals surface area contributed by atoms with Gasteiger partial charge in [0.05, 0.1) is 16.7 Å². The van der Waals surface area contributed by atoms with Crippen LogP contribution in [0.15, 0.2) is 77.9 Å². The molecule has 0 aliphatic carbocycles. The maximum absolute atomic E-state index is 15.0. The van der Waals surface area contributed by atoms with Crippen molar-refractivity contribution in [3.8, 4) is 0 Å². The summed E-state index contributed by atoms with van der Waals surface area (Å²) in [5.74, 6) is -0.707. The number of aryl methyl sites for hydroxylation is 1. The van der Waals surface area contributed by atoms with Crippen molar-refractivity contribution in [2.24, 2.45) is 4.99 Å². The largest absolute Gasteiger partial charge is 0.339 e. The third-order valence-electron chi connectivity index (χ3n) is 7.55. The number of nitrogens with zero attached hydrogens (tertiary/aromatic N) is 4. The molecule has 0 N–H and O–H groups in total. The number of alkyl halides is 1. The maximum atomic E-state index is 15.0. The molecule has 0 saturated carbocycles. The number of carbonyl (C=O) groups excluding carboxylic acids is 1. The van der Waals surface area contributed by atoms with Gasteiger partial charge in [0.1, 0.15) is 17.5 Å². The van der Waals surface area contributed by atoms with Crippen molar-refractivity contribution in [1.29, 1.82) is 0 Å². The summed E-state index contributed by atoms with van der Waals surface area (Å²) in [6, 6.07) is 16.1. The fourth-order valence-corrected chi connectivity index (χ4v) is 5.58. The first-order valence-corrected chi connectivity index (χ1v) is 13.9. The zero-order chi connectivity index (χ0) is 29.3. The molecule has 41 heavy (non-hydrogen) atoms. The minimum atomic E-state index is -1.15. The molecular formula is C33H33F3N4O. The van der Waals surface area contributed by atoms with Crippen LogP contribution in [0, 0.1) is 18.6 Å². The topological polar surface area (TPSA) is 50.5 Å². The van der Waals surface area contributed by atoms with Crippen LogP contribution in [-0.4, -0.2) is 39.2 Å². The van der Waals surface area contributed by atoms with Crippen molar-refractivity contribution in [1.82, 2.24) is 14.5 Å². The lowest BCUT2D eigenvalue weighted by atomic mass is 9.94. The number of aromatic nitrogens is 2. The molecule has 0 spiro atoms. The zero-order valence-corrected chi connectivity index (χ0v) is 23.5. The quantitative estimate of drug-likeness (QED) is 0.217. The Balaban J connectivity index is 1.35. The van der Waals surface area contributed by atoms with E-state index in [1.807, 2.05) is 43.0 Å². The molecule has 0 radical (unpaired) electrons. The first kappa shape index (κ1) is 28.3. The highest BCUT2D eigenvalue weighted by Gasteiger charge is 2.30. The number of allylic oxidation sites excluding steroid dienone is 1. The lowest BCUT2D eigenvalue weighted by molar-refractivity contribution is 0.0708. The highest BCUT2D eigenvalue weighted by molar-refractivity contribution is 6.14. The summed E-state index contributed by atoms with van der Waals surface area (Å²) in [4.78, 5) is 24.5. The number of rotatable bonds is 7. The van der Waals surface area contributed by atoms with Gasteiger partial charge in [0.15, 0.2) is 6.30 Å². The predicted molar refractivity (Wildman–Crippen MR) is 156 cm³/mol. The number of likely N-dealkylation sites (tertiary alicyclic amines) is 1. The van der Waals surface area contributed by atoms with E-state index >= 15 is 4.39 Å². The van der Waals surface area contributed by atoms with Crippen LogP contribution in [0.25, 0.3) is 11.0 Å². The van der Waals surface area contributed by atoms with E-state index in [-0.39, 0.29) is 11.8 Å². The van der Waals surface area contributed by atoms with E-state index in [4.69, 9.17) is 4.98 Å². The molecule has 1 atom stereocenters. The number of amides is 1. The first-order chi connectivity index (χ1) is 19.7. The summed E-state index contributed by atoms with van der Waals surface area (Å²) < 4.78 is 44.7. The van der Waals surface area contributed by atoms with Crippen LogP contribution in [0.2, 0.25) is 0 Å². The number of piperidine rings is 1. The highest BCUT2D eigenvalue weighted by atomic mass is 19.1. The third kappa shape index (κ3) is 5.82.